The number of hydrogen-bond acceptors (Lipinski definition) is 2. The molecule has 0 fully saturated rings. The number of hydrogen-bond donors (Lipinski definition) is 1. The summed E-state index contributed by atoms with van der Waals surface area (Å²) < 4.78 is 39.8. The van der Waals surface area contributed by atoms with Crippen molar-refractivity contribution in [1.29, 1.82) is 0 Å². The number of aromatic amines is 1. The molecule has 1 aliphatic heterocycles. The predicted molar refractivity (Wildman–Crippen MR) is 69.6 cm³/mol. The van der Waals surface area contributed by atoms with E-state index in [2.05, 4.69) is 10.2 Å². The van der Waals surface area contributed by atoms with E-state index < -0.39 is 17.6 Å². The minimum absolute atomic E-state index is 0.0250. The van der Waals surface area contributed by atoms with Crippen molar-refractivity contribution >= 4 is 5.91 Å². The molecule has 1 N–H and O–H groups in total. The largest absolute Gasteiger partial charge is 0.416 e. The lowest BCUT2D eigenvalue weighted by Gasteiger charge is -2.13. The molecule has 1 aromatic carbocycles. The summed E-state index contributed by atoms with van der Waals surface area (Å²) in [5.74, 6) is -0.398. The molecule has 2 aromatic rings. The third-order valence-corrected chi connectivity index (χ3v) is 3.63. The van der Waals surface area contributed by atoms with Crippen molar-refractivity contribution in [2.24, 2.45) is 0 Å². The quantitative estimate of drug-likeness (QED) is 0.879. The van der Waals surface area contributed by atoms with Crippen molar-refractivity contribution < 1.29 is 18.0 Å². The summed E-state index contributed by atoms with van der Waals surface area (Å²) in [6.45, 7) is 1.72. The Bertz CT molecular complexity index is 734. The normalized spacial score (nSPS) is 14.7. The van der Waals surface area contributed by atoms with E-state index >= 15 is 0 Å². The van der Waals surface area contributed by atoms with Crippen molar-refractivity contribution in [1.82, 2.24) is 15.1 Å². The maximum atomic E-state index is 13.3. The Hall–Kier alpha value is -2.31. The number of benzene rings is 1. The van der Waals surface area contributed by atoms with Crippen LogP contribution in [0.2, 0.25) is 0 Å². The van der Waals surface area contributed by atoms with Gasteiger partial charge in [0.15, 0.2) is 0 Å². The van der Waals surface area contributed by atoms with Crippen LogP contribution < -0.4 is 0 Å². The van der Waals surface area contributed by atoms with Gasteiger partial charge in [-0.1, -0.05) is 0 Å². The lowest BCUT2D eigenvalue weighted by molar-refractivity contribution is -0.138. The molecule has 1 amide bonds. The summed E-state index contributed by atoms with van der Waals surface area (Å²) >= 11 is 0. The van der Waals surface area contributed by atoms with Crippen LogP contribution in [0.4, 0.5) is 13.2 Å². The molecular formula is C14H12F3N3O. The Morgan fingerprint density at radius 1 is 1.33 bits per heavy atom. The zero-order chi connectivity index (χ0) is 15.4. The van der Waals surface area contributed by atoms with Gasteiger partial charge in [-0.3, -0.25) is 9.89 Å². The molecule has 0 bridgehead atoms. The summed E-state index contributed by atoms with van der Waals surface area (Å²) in [5.41, 5.74) is 0.808. The van der Waals surface area contributed by atoms with Gasteiger partial charge in [-0.25, -0.2) is 0 Å². The minimum atomic E-state index is -4.50. The monoisotopic (exact) mass is 295 g/mol. The molecule has 0 radical (unpaired) electrons. The van der Waals surface area contributed by atoms with Gasteiger partial charge in [0.25, 0.3) is 5.91 Å². The Morgan fingerprint density at radius 3 is 2.62 bits per heavy atom. The first-order valence-corrected chi connectivity index (χ1v) is 6.29. The van der Waals surface area contributed by atoms with E-state index in [1.807, 2.05) is 0 Å². The summed E-state index contributed by atoms with van der Waals surface area (Å²) in [4.78, 5) is 13.3. The van der Waals surface area contributed by atoms with E-state index in [4.69, 9.17) is 0 Å². The van der Waals surface area contributed by atoms with Crippen LogP contribution in [0.1, 0.15) is 27.0 Å². The number of halogens is 3. The number of fused-ring (bicyclic) bond motifs is 1. The number of carbonyl (C=O) groups excluding carboxylic acids is 1. The number of rotatable bonds is 1. The molecular weight excluding hydrogens is 283 g/mol. The van der Waals surface area contributed by atoms with Crippen LogP contribution in [-0.2, 0) is 12.7 Å². The lowest BCUT2D eigenvalue weighted by Crippen LogP contribution is -2.17. The Balaban J connectivity index is 2.27. The second kappa shape index (κ2) is 4.34. The second-order valence-electron chi connectivity index (χ2n) is 5.13. The molecule has 0 saturated heterocycles. The van der Waals surface area contributed by atoms with Crippen LogP contribution in [0, 0.1) is 6.92 Å². The lowest BCUT2D eigenvalue weighted by atomic mass is 9.96. The van der Waals surface area contributed by atoms with Crippen LogP contribution >= 0.6 is 0 Å². The van der Waals surface area contributed by atoms with E-state index in [1.54, 1.807) is 13.1 Å². The Kier molecular flexibility index (Phi) is 2.82. The molecule has 0 aliphatic carbocycles. The zero-order valence-corrected chi connectivity index (χ0v) is 11.4. The highest BCUT2D eigenvalue weighted by molar-refractivity contribution is 6.00. The average molecular weight is 295 g/mol. The van der Waals surface area contributed by atoms with E-state index in [-0.39, 0.29) is 17.7 Å². The summed E-state index contributed by atoms with van der Waals surface area (Å²) in [7, 11) is 1.49. The van der Waals surface area contributed by atoms with E-state index in [0.29, 0.717) is 11.3 Å². The highest BCUT2D eigenvalue weighted by Gasteiger charge is 2.39. The number of amides is 1. The number of aryl methyl sites for hydroxylation is 1. The first-order valence-electron chi connectivity index (χ1n) is 6.29. The Morgan fingerprint density at radius 2 is 2.05 bits per heavy atom. The number of H-pyrrole nitrogens is 1. The van der Waals surface area contributed by atoms with Gasteiger partial charge in [-0.15, -0.1) is 0 Å². The summed E-state index contributed by atoms with van der Waals surface area (Å²) in [6.07, 6.45) is -2.90. The number of nitrogens with zero attached hydrogens (tertiary/aromatic N) is 2. The molecule has 2 heterocycles. The van der Waals surface area contributed by atoms with Crippen molar-refractivity contribution in [3.63, 3.8) is 0 Å². The first kappa shape index (κ1) is 13.7. The van der Waals surface area contributed by atoms with Gasteiger partial charge >= 0.3 is 6.18 Å². The summed E-state index contributed by atoms with van der Waals surface area (Å²) in [5, 5.41) is 6.58. The number of nitrogens with one attached hydrogen (secondary N) is 1. The minimum Gasteiger partial charge on any atom is -0.337 e. The Labute approximate surface area is 118 Å². The third-order valence-electron chi connectivity index (χ3n) is 3.63. The van der Waals surface area contributed by atoms with E-state index in [1.165, 1.54) is 18.0 Å². The highest BCUT2D eigenvalue weighted by Crippen LogP contribution is 2.39. The molecule has 0 spiro atoms. The first-order chi connectivity index (χ1) is 9.79. The average Bonchev–Trinajstić information content (AvgIpc) is 2.93. The molecule has 0 saturated carbocycles. The van der Waals surface area contributed by atoms with Crippen LogP contribution in [0.3, 0.4) is 0 Å². The van der Waals surface area contributed by atoms with Crippen LogP contribution in [0.15, 0.2) is 18.3 Å². The van der Waals surface area contributed by atoms with Gasteiger partial charge in [0.05, 0.1) is 11.3 Å². The van der Waals surface area contributed by atoms with Crippen LogP contribution in [0.5, 0.6) is 0 Å². The highest BCUT2D eigenvalue weighted by atomic mass is 19.4. The van der Waals surface area contributed by atoms with E-state index in [0.717, 1.165) is 11.6 Å². The SMILES string of the molecule is Cc1c[nH]nc1-c1cc2c(c(C(F)(F)F)c1)CN(C)C2=O. The smallest absolute Gasteiger partial charge is 0.337 e. The van der Waals surface area contributed by atoms with Crippen molar-refractivity contribution in [2.75, 3.05) is 7.05 Å². The zero-order valence-electron chi connectivity index (χ0n) is 11.4. The number of aromatic nitrogens is 2. The van der Waals surface area contributed by atoms with Gasteiger partial charge < -0.3 is 4.90 Å². The number of carbonyl (C=O) groups is 1. The molecule has 4 nitrogen and oxygen atoms in total. The van der Waals surface area contributed by atoms with Gasteiger partial charge in [0.2, 0.25) is 0 Å². The topological polar surface area (TPSA) is 49.0 Å². The molecule has 1 aromatic heterocycles. The second-order valence-corrected chi connectivity index (χ2v) is 5.13. The fourth-order valence-electron chi connectivity index (χ4n) is 2.58. The predicted octanol–water partition coefficient (Wildman–Crippen LogP) is 2.99. The van der Waals surface area contributed by atoms with Crippen molar-refractivity contribution in [3.8, 4) is 11.3 Å². The van der Waals surface area contributed by atoms with Crippen molar-refractivity contribution in [3.05, 3.63) is 40.6 Å². The maximum Gasteiger partial charge on any atom is 0.416 e. The molecule has 1 aliphatic rings. The van der Waals surface area contributed by atoms with E-state index in [9.17, 15) is 18.0 Å². The molecule has 21 heavy (non-hydrogen) atoms. The standard InChI is InChI=1S/C14H12F3N3O/c1-7-5-18-19-12(7)8-3-9-10(6-20(2)13(9)21)11(4-8)14(15,16)17/h3-5H,6H2,1-2H3,(H,18,19). The van der Waals surface area contributed by atoms with Gasteiger partial charge in [-0.2, -0.15) is 18.3 Å². The van der Waals surface area contributed by atoms with Crippen LogP contribution in [0.25, 0.3) is 11.3 Å². The molecule has 0 atom stereocenters. The third kappa shape index (κ3) is 2.09. The fraction of sp³-hybridized carbons (Fsp3) is 0.286. The molecule has 3 rings (SSSR count). The molecule has 110 valence electrons. The van der Waals surface area contributed by atoms with Gasteiger partial charge in [-0.05, 0) is 30.2 Å². The molecule has 7 heteroatoms. The van der Waals surface area contributed by atoms with Gasteiger partial charge in [0.1, 0.15) is 0 Å². The van der Waals surface area contributed by atoms with Crippen molar-refractivity contribution in [2.45, 2.75) is 19.6 Å². The number of alkyl halides is 3. The summed E-state index contributed by atoms with van der Waals surface area (Å²) in [6, 6.07) is 2.55. The molecule has 0 unspecified atom stereocenters. The van der Waals surface area contributed by atoms with Gasteiger partial charge in [0, 0.05) is 30.9 Å². The fourth-order valence-corrected chi connectivity index (χ4v) is 2.58. The van der Waals surface area contributed by atoms with Crippen LogP contribution in [-0.4, -0.2) is 28.1 Å². The maximum absolute atomic E-state index is 13.3.